The van der Waals surface area contributed by atoms with Crippen molar-refractivity contribution < 1.29 is 4.74 Å². The van der Waals surface area contributed by atoms with E-state index in [9.17, 15) is 0 Å². The molecule has 1 nitrogen and oxygen atoms in total. The first-order valence-electron chi connectivity index (χ1n) is 7.29. The van der Waals surface area contributed by atoms with Crippen LogP contribution in [0.3, 0.4) is 0 Å². The number of benzene rings is 1. The highest BCUT2D eigenvalue weighted by molar-refractivity contribution is 5.36. The summed E-state index contributed by atoms with van der Waals surface area (Å²) in [6, 6.07) is 10.7. The molecule has 18 heavy (non-hydrogen) atoms. The third kappa shape index (κ3) is 2.31. The van der Waals surface area contributed by atoms with E-state index in [-0.39, 0.29) is 0 Å². The highest BCUT2D eigenvalue weighted by Crippen LogP contribution is 2.56. The molecule has 0 bridgehead atoms. The van der Waals surface area contributed by atoms with Gasteiger partial charge < -0.3 is 4.74 Å². The van der Waals surface area contributed by atoms with Gasteiger partial charge in [-0.15, -0.1) is 0 Å². The van der Waals surface area contributed by atoms with Gasteiger partial charge in [-0.3, -0.25) is 0 Å². The smallest absolute Gasteiger partial charge is 0.100 e. The largest absolute Gasteiger partial charge is 0.498 e. The van der Waals surface area contributed by atoms with Gasteiger partial charge in [-0.2, -0.15) is 0 Å². The second-order valence-electron chi connectivity index (χ2n) is 5.47. The van der Waals surface area contributed by atoms with Gasteiger partial charge in [0.25, 0.3) is 0 Å². The predicted octanol–water partition coefficient (Wildman–Crippen LogP) is 4.34. The molecule has 0 N–H and O–H groups in total. The van der Waals surface area contributed by atoms with Gasteiger partial charge in [0.2, 0.25) is 0 Å². The van der Waals surface area contributed by atoms with Gasteiger partial charge in [0.1, 0.15) is 5.76 Å². The summed E-state index contributed by atoms with van der Waals surface area (Å²) >= 11 is 0. The van der Waals surface area contributed by atoms with Crippen LogP contribution in [0.25, 0.3) is 0 Å². The van der Waals surface area contributed by atoms with Crippen LogP contribution in [-0.4, -0.2) is 6.61 Å². The minimum absolute atomic E-state index is 0.797. The molecule has 2 fully saturated rings. The Morgan fingerprint density at radius 2 is 1.78 bits per heavy atom. The molecular weight excluding hydrogens is 220 g/mol. The van der Waals surface area contributed by atoms with Crippen LogP contribution in [0, 0.1) is 11.8 Å². The zero-order valence-electron chi connectivity index (χ0n) is 11.2. The molecule has 1 heteroatoms. The Morgan fingerprint density at radius 3 is 2.39 bits per heavy atom. The molecule has 3 rings (SSSR count). The Hall–Kier alpha value is -1.24. The molecule has 2 saturated carbocycles. The van der Waals surface area contributed by atoms with Crippen molar-refractivity contribution in [2.75, 3.05) is 6.61 Å². The Labute approximate surface area is 110 Å². The first kappa shape index (κ1) is 11.8. The molecule has 0 saturated heterocycles. The van der Waals surface area contributed by atoms with Crippen molar-refractivity contribution in [3.05, 3.63) is 47.2 Å². The summed E-state index contributed by atoms with van der Waals surface area (Å²) in [5, 5.41) is 0. The van der Waals surface area contributed by atoms with Crippen molar-refractivity contribution in [1.29, 1.82) is 0 Å². The lowest BCUT2D eigenvalue weighted by atomic mass is 10.0. The number of hydrogen-bond acceptors (Lipinski definition) is 1. The summed E-state index contributed by atoms with van der Waals surface area (Å²) in [7, 11) is 0. The SMILES string of the molecule is CCOC(Cc1ccccc1)=C1C2CCCCC12. The maximum atomic E-state index is 5.94. The zero-order chi connectivity index (χ0) is 12.4. The first-order chi connectivity index (χ1) is 8.90. The van der Waals surface area contributed by atoms with E-state index in [0.29, 0.717) is 0 Å². The number of ether oxygens (including phenoxy) is 1. The van der Waals surface area contributed by atoms with Crippen LogP contribution in [0.2, 0.25) is 0 Å². The highest BCUT2D eigenvalue weighted by Gasteiger charge is 2.47. The van der Waals surface area contributed by atoms with Crippen molar-refractivity contribution in [1.82, 2.24) is 0 Å². The summed E-state index contributed by atoms with van der Waals surface area (Å²) in [6.45, 7) is 2.89. The molecule has 2 atom stereocenters. The van der Waals surface area contributed by atoms with Crippen LogP contribution in [0.4, 0.5) is 0 Å². The van der Waals surface area contributed by atoms with E-state index < -0.39 is 0 Å². The average Bonchev–Trinajstić information content (AvgIpc) is 3.14. The topological polar surface area (TPSA) is 9.23 Å². The van der Waals surface area contributed by atoms with Crippen LogP contribution in [-0.2, 0) is 11.2 Å². The van der Waals surface area contributed by atoms with Crippen LogP contribution in [0.5, 0.6) is 0 Å². The van der Waals surface area contributed by atoms with E-state index in [0.717, 1.165) is 24.9 Å². The predicted molar refractivity (Wildman–Crippen MR) is 74.2 cm³/mol. The molecule has 0 aromatic heterocycles. The van der Waals surface area contributed by atoms with Crippen LogP contribution in [0.1, 0.15) is 38.2 Å². The molecule has 96 valence electrons. The van der Waals surface area contributed by atoms with Crippen molar-refractivity contribution in [2.24, 2.45) is 11.8 Å². The molecular formula is C17H22O. The first-order valence-corrected chi connectivity index (χ1v) is 7.29. The molecule has 0 aliphatic heterocycles. The Balaban J connectivity index is 1.79. The van der Waals surface area contributed by atoms with E-state index in [1.54, 1.807) is 5.57 Å². The quantitative estimate of drug-likeness (QED) is 0.714. The Kier molecular flexibility index (Phi) is 3.40. The Morgan fingerprint density at radius 1 is 1.11 bits per heavy atom. The van der Waals surface area contributed by atoms with Crippen LogP contribution >= 0.6 is 0 Å². The zero-order valence-corrected chi connectivity index (χ0v) is 11.2. The molecule has 0 spiro atoms. The summed E-state index contributed by atoms with van der Waals surface area (Å²) in [5.41, 5.74) is 3.02. The summed E-state index contributed by atoms with van der Waals surface area (Å²) in [6.07, 6.45) is 6.60. The highest BCUT2D eigenvalue weighted by atomic mass is 16.5. The number of hydrogen-bond donors (Lipinski definition) is 0. The van der Waals surface area contributed by atoms with E-state index in [4.69, 9.17) is 4.74 Å². The number of fused-ring (bicyclic) bond motifs is 1. The second-order valence-corrected chi connectivity index (χ2v) is 5.47. The Bertz CT molecular complexity index is 418. The second kappa shape index (κ2) is 5.17. The van der Waals surface area contributed by atoms with Gasteiger partial charge >= 0.3 is 0 Å². The van der Waals surface area contributed by atoms with Crippen molar-refractivity contribution in [3.63, 3.8) is 0 Å². The summed E-state index contributed by atoms with van der Waals surface area (Å²) in [5.74, 6) is 3.01. The maximum Gasteiger partial charge on any atom is 0.100 e. The molecule has 1 aromatic rings. The van der Waals surface area contributed by atoms with Gasteiger partial charge in [-0.25, -0.2) is 0 Å². The van der Waals surface area contributed by atoms with Crippen LogP contribution < -0.4 is 0 Å². The third-order valence-corrected chi connectivity index (χ3v) is 4.30. The van der Waals surface area contributed by atoms with Gasteiger partial charge in [0.15, 0.2) is 0 Å². The van der Waals surface area contributed by atoms with Crippen molar-refractivity contribution in [3.8, 4) is 0 Å². The minimum Gasteiger partial charge on any atom is -0.498 e. The molecule has 2 aliphatic carbocycles. The molecule has 2 unspecified atom stereocenters. The fraction of sp³-hybridized carbons (Fsp3) is 0.529. The summed E-state index contributed by atoms with van der Waals surface area (Å²) in [4.78, 5) is 0. The van der Waals surface area contributed by atoms with Crippen LogP contribution in [0.15, 0.2) is 41.7 Å². The van der Waals surface area contributed by atoms with E-state index >= 15 is 0 Å². The number of rotatable bonds is 4. The lowest BCUT2D eigenvalue weighted by Crippen LogP contribution is -1.97. The lowest BCUT2D eigenvalue weighted by Gasteiger charge is -2.09. The molecule has 2 aliphatic rings. The van der Waals surface area contributed by atoms with Gasteiger partial charge in [-0.05, 0) is 42.7 Å². The van der Waals surface area contributed by atoms with E-state index in [1.165, 1.54) is 37.0 Å². The lowest BCUT2D eigenvalue weighted by molar-refractivity contribution is 0.220. The molecule has 0 heterocycles. The average molecular weight is 242 g/mol. The number of allylic oxidation sites excluding steroid dienone is 2. The summed E-state index contributed by atoms with van der Waals surface area (Å²) < 4.78 is 5.94. The fourth-order valence-electron chi connectivity index (χ4n) is 3.43. The fourth-order valence-corrected chi connectivity index (χ4v) is 3.43. The standard InChI is InChI=1S/C17H22O/c1-2-18-16(12-13-8-4-3-5-9-13)17-14-10-6-7-11-15(14)17/h3-5,8-9,14-15H,2,6-7,10-12H2,1H3. The maximum absolute atomic E-state index is 5.94. The van der Waals surface area contributed by atoms with E-state index in [1.807, 2.05) is 0 Å². The minimum atomic E-state index is 0.797. The van der Waals surface area contributed by atoms with Gasteiger partial charge in [-0.1, -0.05) is 43.2 Å². The van der Waals surface area contributed by atoms with E-state index in [2.05, 4.69) is 37.3 Å². The molecule has 1 aromatic carbocycles. The van der Waals surface area contributed by atoms with Gasteiger partial charge in [0, 0.05) is 6.42 Å². The normalized spacial score (nSPS) is 25.5. The molecule has 0 radical (unpaired) electrons. The molecule has 0 amide bonds. The van der Waals surface area contributed by atoms with Crippen molar-refractivity contribution in [2.45, 2.75) is 39.0 Å². The monoisotopic (exact) mass is 242 g/mol. The third-order valence-electron chi connectivity index (χ3n) is 4.30. The van der Waals surface area contributed by atoms with Gasteiger partial charge in [0.05, 0.1) is 6.61 Å². The van der Waals surface area contributed by atoms with Crippen molar-refractivity contribution >= 4 is 0 Å².